The van der Waals surface area contributed by atoms with Crippen molar-refractivity contribution in [2.75, 3.05) is 5.32 Å². The van der Waals surface area contributed by atoms with Gasteiger partial charge in [-0.25, -0.2) is 0 Å². The van der Waals surface area contributed by atoms with Crippen molar-refractivity contribution in [3.05, 3.63) is 68.7 Å². The van der Waals surface area contributed by atoms with E-state index >= 15 is 0 Å². The van der Waals surface area contributed by atoms with Gasteiger partial charge >= 0.3 is 0 Å². The van der Waals surface area contributed by atoms with Gasteiger partial charge in [0.2, 0.25) is 5.91 Å². The molecule has 3 rings (SSSR count). The fourth-order valence-electron chi connectivity index (χ4n) is 2.42. The predicted molar refractivity (Wildman–Crippen MR) is 101 cm³/mol. The highest BCUT2D eigenvalue weighted by Crippen LogP contribution is 2.31. The number of rotatable bonds is 6. The molecule has 0 heterocycles. The second-order valence-electron chi connectivity index (χ2n) is 6.21. The molecular weight excluding hydrogens is 372 g/mol. The number of carbonyl (C=O) groups is 2. The van der Waals surface area contributed by atoms with Crippen LogP contribution in [0.4, 0.5) is 11.4 Å². The van der Waals surface area contributed by atoms with Crippen LogP contribution in [-0.2, 0) is 11.2 Å². The van der Waals surface area contributed by atoms with E-state index in [0.29, 0.717) is 10.7 Å². The lowest BCUT2D eigenvalue weighted by molar-refractivity contribution is -0.384. The molecule has 3 N–H and O–H groups in total. The largest absolute Gasteiger partial charge is 0.377 e. The van der Waals surface area contributed by atoms with Crippen LogP contribution in [0.1, 0.15) is 28.8 Å². The first kappa shape index (κ1) is 18.7. The van der Waals surface area contributed by atoms with Crippen molar-refractivity contribution >= 4 is 34.8 Å². The van der Waals surface area contributed by atoms with Crippen molar-refractivity contribution in [3.8, 4) is 0 Å². The number of carbonyl (C=O) groups excluding carboxylic acids is 2. The van der Waals surface area contributed by atoms with E-state index in [0.717, 1.165) is 18.4 Å². The number of nitro groups is 1. The smallest absolute Gasteiger partial charge is 0.293 e. The van der Waals surface area contributed by atoms with Gasteiger partial charge < -0.3 is 5.32 Å². The number of benzene rings is 2. The number of hydrogen-bond acceptors (Lipinski definition) is 5. The van der Waals surface area contributed by atoms with Gasteiger partial charge in [0.15, 0.2) is 0 Å². The Hall–Kier alpha value is -3.13. The lowest BCUT2D eigenvalue weighted by Gasteiger charge is -2.09. The Kier molecular flexibility index (Phi) is 5.56. The summed E-state index contributed by atoms with van der Waals surface area (Å²) in [6, 6.07) is 11.1. The third-order valence-corrected chi connectivity index (χ3v) is 4.24. The highest BCUT2D eigenvalue weighted by Gasteiger charge is 2.25. The van der Waals surface area contributed by atoms with Gasteiger partial charge in [0, 0.05) is 22.7 Å². The zero-order valence-electron chi connectivity index (χ0n) is 14.2. The third-order valence-electron chi connectivity index (χ3n) is 3.99. The van der Waals surface area contributed by atoms with Gasteiger partial charge in [-0.3, -0.25) is 30.6 Å². The van der Waals surface area contributed by atoms with Crippen LogP contribution in [0.25, 0.3) is 0 Å². The van der Waals surface area contributed by atoms with Crippen LogP contribution in [0.3, 0.4) is 0 Å². The number of nitrogens with one attached hydrogen (secondary N) is 3. The maximum absolute atomic E-state index is 12.2. The first-order valence-electron chi connectivity index (χ1n) is 8.31. The van der Waals surface area contributed by atoms with Gasteiger partial charge in [0.25, 0.3) is 11.6 Å². The van der Waals surface area contributed by atoms with Gasteiger partial charge in [-0.05, 0) is 42.7 Å². The minimum Gasteiger partial charge on any atom is -0.377 e. The molecule has 140 valence electrons. The molecule has 1 aliphatic carbocycles. The molecule has 0 spiro atoms. The molecule has 9 heteroatoms. The van der Waals surface area contributed by atoms with E-state index < -0.39 is 16.7 Å². The van der Waals surface area contributed by atoms with Crippen LogP contribution in [0.5, 0.6) is 0 Å². The standard InChI is InChI=1S/C18H17ClN4O4/c19-13-4-1-11(2-5-13)9-17(24)21-22-18(25)12-3-8-15(20-14-6-7-14)16(10-12)23(26)27/h1-5,8,10,14,20H,6-7,9H2,(H,21,24)(H,22,25). The van der Waals surface area contributed by atoms with Crippen molar-refractivity contribution in [1.82, 2.24) is 10.9 Å². The summed E-state index contributed by atoms with van der Waals surface area (Å²) in [5, 5.41) is 14.9. The van der Waals surface area contributed by atoms with E-state index in [4.69, 9.17) is 11.6 Å². The molecule has 1 aliphatic rings. The zero-order chi connectivity index (χ0) is 19.4. The summed E-state index contributed by atoms with van der Waals surface area (Å²) in [4.78, 5) is 34.8. The van der Waals surface area contributed by atoms with E-state index in [1.54, 1.807) is 24.3 Å². The highest BCUT2D eigenvalue weighted by molar-refractivity contribution is 6.30. The summed E-state index contributed by atoms with van der Waals surface area (Å²) in [6.07, 6.45) is 2.00. The summed E-state index contributed by atoms with van der Waals surface area (Å²) < 4.78 is 0. The average Bonchev–Trinajstić information content (AvgIpc) is 3.46. The van der Waals surface area contributed by atoms with Gasteiger partial charge in [-0.15, -0.1) is 0 Å². The van der Waals surface area contributed by atoms with Crippen LogP contribution in [0, 0.1) is 10.1 Å². The van der Waals surface area contributed by atoms with Gasteiger partial charge in [-0.1, -0.05) is 23.7 Å². The van der Waals surface area contributed by atoms with Crippen molar-refractivity contribution < 1.29 is 14.5 Å². The molecule has 2 amide bonds. The Bertz CT molecular complexity index is 881. The molecule has 0 aromatic heterocycles. The number of hydrogen-bond donors (Lipinski definition) is 3. The molecule has 2 aromatic carbocycles. The number of anilines is 1. The highest BCUT2D eigenvalue weighted by atomic mass is 35.5. The Morgan fingerprint density at radius 3 is 2.44 bits per heavy atom. The molecule has 1 saturated carbocycles. The molecule has 27 heavy (non-hydrogen) atoms. The van der Waals surface area contributed by atoms with Crippen LogP contribution < -0.4 is 16.2 Å². The normalized spacial score (nSPS) is 12.9. The minimum atomic E-state index is -0.638. The quantitative estimate of drug-likeness (QED) is 0.520. The number of amides is 2. The molecule has 0 saturated heterocycles. The van der Waals surface area contributed by atoms with E-state index in [2.05, 4.69) is 16.2 Å². The number of nitro benzene ring substituents is 1. The topological polar surface area (TPSA) is 113 Å². The first-order valence-corrected chi connectivity index (χ1v) is 8.69. The Morgan fingerprint density at radius 1 is 1.11 bits per heavy atom. The molecule has 8 nitrogen and oxygen atoms in total. The SMILES string of the molecule is O=C(Cc1ccc(Cl)cc1)NNC(=O)c1ccc(NC2CC2)c([N+](=O)[O-])c1. The summed E-state index contributed by atoms with van der Waals surface area (Å²) >= 11 is 5.79. The van der Waals surface area contributed by atoms with E-state index in [1.807, 2.05) is 0 Å². The predicted octanol–water partition coefficient (Wildman–Crippen LogP) is 2.83. The molecule has 0 radical (unpaired) electrons. The van der Waals surface area contributed by atoms with Crippen LogP contribution >= 0.6 is 11.6 Å². The molecule has 0 unspecified atom stereocenters. The Balaban J connectivity index is 1.59. The summed E-state index contributed by atoms with van der Waals surface area (Å²) in [6.45, 7) is 0. The number of hydrazine groups is 1. The van der Waals surface area contributed by atoms with Crippen molar-refractivity contribution in [3.63, 3.8) is 0 Å². The number of nitrogens with zero attached hydrogens (tertiary/aromatic N) is 1. The summed E-state index contributed by atoms with van der Waals surface area (Å²) in [7, 11) is 0. The van der Waals surface area contributed by atoms with Crippen LogP contribution in [0.15, 0.2) is 42.5 Å². The van der Waals surface area contributed by atoms with E-state index in [1.165, 1.54) is 18.2 Å². The maximum Gasteiger partial charge on any atom is 0.293 e. The summed E-state index contributed by atoms with van der Waals surface area (Å²) in [5.41, 5.74) is 5.57. The second kappa shape index (κ2) is 8.05. The molecular formula is C18H17ClN4O4. The van der Waals surface area contributed by atoms with Crippen molar-refractivity contribution in [1.29, 1.82) is 0 Å². The average molecular weight is 389 g/mol. The van der Waals surface area contributed by atoms with Gasteiger partial charge in [-0.2, -0.15) is 0 Å². The molecule has 0 aliphatic heterocycles. The summed E-state index contributed by atoms with van der Waals surface area (Å²) in [5.74, 6) is -1.06. The Morgan fingerprint density at radius 2 is 1.81 bits per heavy atom. The molecule has 1 fully saturated rings. The monoisotopic (exact) mass is 388 g/mol. The van der Waals surface area contributed by atoms with Crippen molar-refractivity contribution in [2.24, 2.45) is 0 Å². The van der Waals surface area contributed by atoms with Gasteiger partial charge in [0.1, 0.15) is 5.69 Å². The van der Waals surface area contributed by atoms with Crippen LogP contribution in [0.2, 0.25) is 5.02 Å². The molecule has 0 atom stereocenters. The Labute approximate surface area is 160 Å². The molecule has 0 bridgehead atoms. The third kappa shape index (κ3) is 5.18. The fraction of sp³-hybridized carbons (Fsp3) is 0.222. The maximum atomic E-state index is 12.2. The minimum absolute atomic E-state index is 0.0574. The lowest BCUT2D eigenvalue weighted by atomic mass is 10.1. The molecule has 2 aromatic rings. The van der Waals surface area contributed by atoms with Crippen molar-refractivity contribution in [2.45, 2.75) is 25.3 Å². The number of halogens is 1. The second-order valence-corrected chi connectivity index (χ2v) is 6.65. The first-order chi connectivity index (χ1) is 12.9. The van der Waals surface area contributed by atoms with E-state index in [-0.39, 0.29) is 23.7 Å². The van der Waals surface area contributed by atoms with E-state index in [9.17, 15) is 19.7 Å². The van der Waals surface area contributed by atoms with Crippen LogP contribution in [-0.4, -0.2) is 22.8 Å². The lowest BCUT2D eigenvalue weighted by Crippen LogP contribution is -2.42. The zero-order valence-corrected chi connectivity index (χ0v) is 15.0. The fourth-order valence-corrected chi connectivity index (χ4v) is 2.55. The van der Waals surface area contributed by atoms with Gasteiger partial charge in [0.05, 0.1) is 11.3 Å².